The molecule has 4 rings (SSSR count). The maximum absolute atomic E-state index is 13.1. The Morgan fingerprint density at radius 1 is 0.750 bits per heavy atom. The van der Waals surface area contributed by atoms with Crippen LogP contribution in [0, 0.1) is 13.8 Å². The van der Waals surface area contributed by atoms with E-state index in [-0.39, 0.29) is 5.91 Å². The molecule has 0 saturated heterocycles. The Kier molecular flexibility index (Phi) is 5.74. The Balaban J connectivity index is 1.75. The number of nitrogens with one attached hydrogen (secondary N) is 1. The van der Waals surface area contributed by atoms with Gasteiger partial charge in [0.15, 0.2) is 0 Å². The first kappa shape index (κ1) is 21.6. The number of carbonyl (C=O) groups excluding carboxylic acids is 1. The molecule has 0 aromatic heterocycles. The molecular formula is C27H22F3NO. The zero-order chi connectivity index (χ0) is 22.9. The maximum atomic E-state index is 13.1. The highest BCUT2D eigenvalue weighted by Gasteiger charge is 2.30. The van der Waals surface area contributed by atoms with E-state index in [2.05, 4.69) is 5.32 Å². The van der Waals surface area contributed by atoms with Gasteiger partial charge in [0.25, 0.3) is 5.91 Å². The number of amides is 1. The zero-order valence-electron chi connectivity index (χ0n) is 17.7. The first-order valence-corrected chi connectivity index (χ1v) is 10.3. The number of hydrogen-bond donors (Lipinski definition) is 1. The Morgan fingerprint density at radius 2 is 1.34 bits per heavy atom. The number of hydrogen-bond acceptors (Lipinski definition) is 1. The van der Waals surface area contributed by atoms with Gasteiger partial charge in [-0.05, 0) is 66.1 Å². The van der Waals surface area contributed by atoms with Crippen LogP contribution in [-0.2, 0) is 6.18 Å². The van der Waals surface area contributed by atoms with Crippen molar-refractivity contribution in [2.24, 2.45) is 0 Å². The molecule has 0 aliphatic heterocycles. The van der Waals surface area contributed by atoms with Gasteiger partial charge in [-0.2, -0.15) is 13.2 Å². The predicted octanol–water partition coefficient (Wildman–Crippen LogP) is 6.99. The molecular weight excluding hydrogens is 411 g/mol. The van der Waals surface area contributed by atoms with E-state index in [0.717, 1.165) is 39.6 Å². The van der Waals surface area contributed by atoms with Crippen LogP contribution in [-0.4, -0.2) is 5.91 Å². The molecule has 0 aliphatic rings. The van der Waals surface area contributed by atoms with Crippen molar-refractivity contribution < 1.29 is 18.0 Å². The van der Waals surface area contributed by atoms with E-state index < -0.39 is 17.8 Å². The van der Waals surface area contributed by atoms with E-state index in [1.807, 2.05) is 62.4 Å². The molecule has 4 aromatic rings. The highest BCUT2D eigenvalue weighted by molar-refractivity contribution is 5.95. The smallest absolute Gasteiger partial charge is 0.341 e. The number of fused-ring (bicyclic) bond motifs is 1. The average Bonchev–Trinajstić information content (AvgIpc) is 2.76. The van der Waals surface area contributed by atoms with Crippen LogP contribution in [0.25, 0.3) is 10.8 Å². The minimum Gasteiger partial charge on any atom is -0.341 e. The van der Waals surface area contributed by atoms with Crippen LogP contribution in [0.3, 0.4) is 0 Å². The highest BCUT2D eigenvalue weighted by atomic mass is 19.4. The average molecular weight is 433 g/mol. The molecule has 0 spiro atoms. The second kappa shape index (κ2) is 8.50. The molecule has 1 atom stereocenters. The third-order valence-corrected chi connectivity index (χ3v) is 5.44. The quantitative estimate of drug-likeness (QED) is 0.369. The molecule has 0 aliphatic carbocycles. The largest absolute Gasteiger partial charge is 0.416 e. The van der Waals surface area contributed by atoms with Gasteiger partial charge < -0.3 is 5.32 Å². The summed E-state index contributed by atoms with van der Waals surface area (Å²) in [7, 11) is 0. The first-order chi connectivity index (χ1) is 15.2. The summed E-state index contributed by atoms with van der Waals surface area (Å²) in [4.78, 5) is 13.1. The molecule has 1 amide bonds. The lowest BCUT2D eigenvalue weighted by Crippen LogP contribution is -2.29. The van der Waals surface area contributed by atoms with Crippen LogP contribution in [0.1, 0.15) is 44.2 Å². The Hall–Kier alpha value is -3.60. The molecule has 2 nitrogen and oxygen atoms in total. The molecule has 0 bridgehead atoms. The summed E-state index contributed by atoms with van der Waals surface area (Å²) in [5, 5.41) is 5.06. The van der Waals surface area contributed by atoms with Gasteiger partial charge in [-0.1, -0.05) is 65.7 Å². The second-order valence-electron chi connectivity index (χ2n) is 8.01. The molecule has 162 valence electrons. The fraction of sp³-hybridized carbons (Fsp3) is 0.148. The third-order valence-electron chi connectivity index (χ3n) is 5.44. The van der Waals surface area contributed by atoms with Gasteiger partial charge in [0.2, 0.25) is 0 Å². The fourth-order valence-electron chi connectivity index (χ4n) is 3.93. The number of aryl methyl sites for hydroxylation is 2. The normalized spacial score (nSPS) is 12.5. The monoisotopic (exact) mass is 433 g/mol. The van der Waals surface area contributed by atoms with Crippen LogP contribution in [0.2, 0.25) is 0 Å². The molecule has 5 heteroatoms. The molecule has 0 heterocycles. The van der Waals surface area contributed by atoms with E-state index >= 15 is 0 Å². The summed E-state index contributed by atoms with van der Waals surface area (Å²) < 4.78 is 39.2. The molecule has 0 fully saturated rings. The van der Waals surface area contributed by atoms with Crippen molar-refractivity contribution in [1.29, 1.82) is 0 Å². The van der Waals surface area contributed by atoms with Gasteiger partial charge in [-0.3, -0.25) is 4.79 Å². The topological polar surface area (TPSA) is 29.1 Å². The second-order valence-corrected chi connectivity index (χ2v) is 8.01. The minimum absolute atomic E-state index is 0.283. The minimum atomic E-state index is -4.42. The van der Waals surface area contributed by atoms with Crippen LogP contribution in [0.15, 0.2) is 84.9 Å². The summed E-state index contributed by atoms with van der Waals surface area (Å²) >= 11 is 0. The van der Waals surface area contributed by atoms with E-state index in [9.17, 15) is 18.0 Å². The van der Waals surface area contributed by atoms with Gasteiger partial charge in [0, 0.05) is 5.56 Å². The van der Waals surface area contributed by atoms with Gasteiger partial charge in [0.05, 0.1) is 11.6 Å². The van der Waals surface area contributed by atoms with Gasteiger partial charge in [-0.15, -0.1) is 0 Å². The Labute approximate surface area is 184 Å². The number of alkyl halides is 3. The van der Waals surface area contributed by atoms with Gasteiger partial charge in [0.1, 0.15) is 0 Å². The van der Waals surface area contributed by atoms with Crippen molar-refractivity contribution in [1.82, 2.24) is 5.32 Å². The van der Waals surface area contributed by atoms with E-state index in [1.165, 1.54) is 12.1 Å². The van der Waals surface area contributed by atoms with Crippen LogP contribution < -0.4 is 5.32 Å². The summed E-state index contributed by atoms with van der Waals surface area (Å²) in [6.45, 7) is 3.83. The van der Waals surface area contributed by atoms with Crippen molar-refractivity contribution in [2.75, 3.05) is 0 Å². The zero-order valence-corrected chi connectivity index (χ0v) is 17.7. The van der Waals surface area contributed by atoms with Crippen LogP contribution in [0.5, 0.6) is 0 Å². The predicted molar refractivity (Wildman–Crippen MR) is 121 cm³/mol. The van der Waals surface area contributed by atoms with Gasteiger partial charge in [-0.25, -0.2) is 0 Å². The standard InChI is InChI=1S/C27H22F3NO/c1-17-13-18(2)15-23(14-17)26(32)31-25(20-9-11-24(12-10-20)27(28,29)30)22-8-7-19-5-3-4-6-21(19)16-22/h3-16,25H,1-2H3,(H,31,32). The Bertz CT molecular complexity index is 1260. The molecule has 0 saturated carbocycles. The molecule has 32 heavy (non-hydrogen) atoms. The summed E-state index contributed by atoms with van der Waals surface area (Å²) in [5.41, 5.74) is 3.09. The van der Waals surface area contributed by atoms with Crippen LogP contribution >= 0.6 is 0 Å². The van der Waals surface area contributed by atoms with Crippen molar-refractivity contribution in [3.63, 3.8) is 0 Å². The fourth-order valence-corrected chi connectivity index (χ4v) is 3.93. The molecule has 1 unspecified atom stereocenters. The maximum Gasteiger partial charge on any atom is 0.416 e. The van der Waals surface area contributed by atoms with E-state index in [0.29, 0.717) is 11.1 Å². The van der Waals surface area contributed by atoms with E-state index in [4.69, 9.17) is 0 Å². The van der Waals surface area contributed by atoms with Crippen molar-refractivity contribution in [2.45, 2.75) is 26.1 Å². The number of halogens is 3. The van der Waals surface area contributed by atoms with Crippen molar-refractivity contribution >= 4 is 16.7 Å². The summed E-state index contributed by atoms with van der Waals surface area (Å²) in [6.07, 6.45) is -4.42. The van der Waals surface area contributed by atoms with Crippen molar-refractivity contribution in [3.05, 3.63) is 118 Å². The number of rotatable bonds is 4. The molecule has 1 N–H and O–H groups in total. The SMILES string of the molecule is Cc1cc(C)cc(C(=O)NC(c2ccc(C(F)(F)F)cc2)c2ccc3ccccc3c2)c1. The first-order valence-electron chi connectivity index (χ1n) is 10.3. The van der Waals surface area contributed by atoms with Crippen LogP contribution in [0.4, 0.5) is 13.2 Å². The summed E-state index contributed by atoms with van der Waals surface area (Å²) in [6, 6.07) is 23.5. The lowest BCUT2D eigenvalue weighted by atomic mass is 9.95. The van der Waals surface area contributed by atoms with E-state index in [1.54, 1.807) is 12.1 Å². The number of benzene rings is 4. The highest BCUT2D eigenvalue weighted by Crippen LogP contribution is 2.32. The Morgan fingerprint density at radius 3 is 1.97 bits per heavy atom. The molecule has 4 aromatic carbocycles. The third kappa shape index (κ3) is 4.67. The lowest BCUT2D eigenvalue weighted by molar-refractivity contribution is -0.137. The number of carbonyl (C=O) groups is 1. The van der Waals surface area contributed by atoms with Crippen molar-refractivity contribution in [3.8, 4) is 0 Å². The van der Waals surface area contributed by atoms with Gasteiger partial charge >= 0.3 is 6.18 Å². The lowest BCUT2D eigenvalue weighted by Gasteiger charge is -2.21. The molecule has 0 radical (unpaired) electrons. The summed E-state index contributed by atoms with van der Waals surface area (Å²) in [5.74, 6) is -0.283.